The molecule has 14 heavy (non-hydrogen) atoms. The van der Waals surface area contributed by atoms with Crippen molar-refractivity contribution in [2.24, 2.45) is 0 Å². The Hall–Kier alpha value is -1.35. The van der Waals surface area contributed by atoms with E-state index in [2.05, 4.69) is 40.0 Å². The van der Waals surface area contributed by atoms with Crippen LogP contribution in [0.15, 0.2) is 24.5 Å². The van der Waals surface area contributed by atoms with Gasteiger partial charge in [0.05, 0.1) is 17.4 Å². The third-order valence-corrected chi connectivity index (χ3v) is 2.83. The van der Waals surface area contributed by atoms with Crippen LogP contribution in [0.4, 0.5) is 0 Å². The molecule has 3 rings (SSSR count). The predicted molar refractivity (Wildman–Crippen MR) is 56.0 cm³/mol. The topological polar surface area (TPSA) is 29.9 Å². The first-order chi connectivity index (χ1) is 6.84. The number of para-hydroxylation sites is 1. The number of imidazole rings is 1. The number of benzene rings is 1. The number of hydrogen-bond acceptors (Lipinski definition) is 2. The molecule has 0 unspecified atom stereocenters. The Labute approximate surface area is 82.8 Å². The van der Waals surface area contributed by atoms with Gasteiger partial charge in [0, 0.05) is 19.1 Å². The van der Waals surface area contributed by atoms with Gasteiger partial charge in [0.25, 0.3) is 0 Å². The van der Waals surface area contributed by atoms with Gasteiger partial charge in [0.15, 0.2) is 0 Å². The lowest BCUT2D eigenvalue weighted by atomic mass is 10.2. The summed E-state index contributed by atoms with van der Waals surface area (Å²) in [5.41, 5.74) is 3.76. The van der Waals surface area contributed by atoms with Gasteiger partial charge < -0.3 is 9.88 Å². The second-order valence-corrected chi connectivity index (χ2v) is 3.96. The fourth-order valence-electron chi connectivity index (χ4n) is 2.13. The van der Waals surface area contributed by atoms with Crippen LogP contribution in [-0.4, -0.2) is 15.6 Å². The maximum atomic E-state index is 4.40. The summed E-state index contributed by atoms with van der Waals surface area (Å²) >= 11 is 0. The van der Waals surface area contributed by atoms with E-state index in [1.807, 2.05) is 6.33 Å². The molecule has 1 aromatic heterocycles. The number of aromatic nitrogens is 2. The van der Waals surface area contributed by atoms with Crippen LogP contribution in [0.2, 0.25) is 0 Å². The smallest absolute Gasteiger partial charge is 0.0958 e. The molecule has 0 amide bonds. The molecule has 3 nitrogen and oxygen atoms in total. The van der Waals surface area contributed by atoms with Crippen molar-refractivity contribution in [2.75, 3.05) is 0 Å². The van der Waals surface area contributed by atoms with Crippen molar-refractivity contribution in [1.82, 2.24) is 14.9 Å². The van der Waals surface area contributed by atoms with E-state index >= 15 is 0 Å². The number of hydrogen-bond donors (Lipinski definition) is 1. The zero-order valence-electron chi connectivity index (χ0n) is 8.20. The fourth-order valence-corrected chi connectivity index (χ4v) is 2.13. The summed E-state index contributed by atoms with van der Waals surface area (Å²) in [6, 6.07) is 6.84. The Morgan fingerprint density at radius 3 is 3.36 bits per heavy atom. The van der Waals surface area contributed by atoms with E-state index in [0.29, 0.717) is 6.04 Å². The molecule has 0 saturated heterocycles. The number of rotatable bonds is 0. The van der Waals surface area contributed by atoms with Gasteiger partial charge in [0.1, 0.15) is 0 Å². The molecule has 0 spiro atoms. The quantitative estimate of drug-likeness (QED) is 0.677. The van der Waals surface area contributed by atoms with E-state index in [1.165, 1.54) is 11.1 Å². The first-order valence-electron chi connectivity index (χ1n) is 5.01. The van der Waals surface area contributed by atoms with Crippen LogP contribution in [0.25, 0.3) is 11.0 Å². The minimum absolute atomic E-state index is 0.514. The Morgan fingerprint density at radius 1 is 1.50 bits per heavy atom. The van der Waals surface area contributed by atoms with Crippen molar-refractivity contribution >= 4 is 11.0 Å². The lowest BCUT2D eigenvalue weighted by Gasteiger charge is -2.09. The summed E-state index contributed by atoms with van der Waals surface area (Å²) < 4.78 is 2.25. The molecule has 72 valence electrons. The van der Waals surface area contributed by atoms with Crippen molar-refractivity contribution in [3.63, 3.8) is 0 Å². The van der Waals surface area contributed by atoms with Gasteiger partial charge in [0.2, 0.25) is 0 Å². The lowest BCUT2D eigenvalue weighted by molar-refractivity contribution is 0.497. The van der Waals surface area contributed by atoms with Crippen LogP contribution in [0.5, 0.6) is 0 Å². The van der Waals surface area contributed by atoms with Crippen LogP contribution >= 0.6 is 0 Å². The highest BCUT2D eigenvalue weighted by atomic mass is 15.1. The van der Waals surface area contributed by atoms with Crippen LogP contribution in [0.1, 0.15) is 12.5 Å². The van der Waals surface area contributed by atoms with E-state index in [1.54, 1.807) is 0 Å². The average Bonchev–Trinajstić information content (AvgIpc) is 2.51. The highest BCUT2D eigenvalue weighted by Gasteiger charge is 2.14. The molecular formula is C11H13N3. The third kappa shape index (κ3) is 1.06. The molecule has 1 aliphatic rings. The largest absolute Gasteiger partial charge is 0.329 e. The zero-order valence-corrected chi connectivity index (χ0v) is 8.20. The summed E-state index contributed by atoms with van der Waals surface area (Å²) in [6.07, 6.45) is 1.94. The van der Waals surface area contributed by atoms with Gasteiger partial charge in [-0.05, 0) is 18.6 Å². The molecule has 0 aliphatic carbocycles. The SMILES string of the molecule is C[C@H]1Cn2cnc3cccc(c32)CN1. The standard InChI is InChI=1S/C11H13N3/c1-8-6-14-7-13-10-4-2-3-9(5-12-8)11(10)14/h2-4,7-8,12H,5-6H2,1H3/t8-/m0/s1. The first-order valence-corrected chi connectivity index (χ1v) is 5.01. The molecule has 2 heterocycles. The van der Waals surface area contributed by atoms with Crippen molar-refractivity contribution in [2.45, 2.75) is 26.1 Å². The molecule has 0 radical (unpaired) electrons. The summed E-state index contributed by atoms with van der Waals surface area (Å²) in [4.78, 5) is 4.40. The molecule has 1 atom stereocenters. The van der Waals surface area contributed by atoms with E-state index < -0.39 is 0 Å². The monoisotopic (exact) mass is 187 g/mol. The maximum absolute atomic E-state index is 4.40. The van der Waals surface area contributed by atoms with Crippen LogP contribution in [-0.2, 0) is 13.1 Å². The highest BCUT2D eigenvalue weighted by molar-refractivity contribution is 5.79. The highest BCUT2D eigenvalue weighted by Crippen LogP contribution is 2.20. The minimum atomic E-state index is 0.514. The van der Waals surface area contributed by atoms with Crippen LogP contribution in [0, 0.1) is 0 Å². The molecule has 2 aromatic rings. The van der Waals surface area contributed by atoms with Gasteiger partial charge in [-0.3, -0.25) is 0 Å². The van der Waals surface area contributed by atoms with E-state index in [0.717, 1.165) is 18.6 Å². The Kier molecular flexibility index (Phi) is 1.61. The van der Waals surface area contributed by atoms with E-state index in [-0.39, 0.29) is 0 Å². The predicted octanol–water partition coefficient (Wildman–Crippen LogP) is 1.53. The van der Waals surface area contributed by atoms with Gasteiger partial charge in [-0.2, -0.15) is 0 Å². The Bertz CT molecular complexity index is 472. The summed E-state index contributed by atoms with van der Waals surface area (Å²) in [7, 11) is 0. The molecule has 0 saturated carbocycles. The van der Waals surface area contributed by atoms with Crippen molar-refractivity contribution in [3.05, 3.63) is 30.1 Å². The molecular weight excluding hydrogens is 174 g/mol. The summed E-state index contributed by atoms with van der Waals surface area (Å²) in [5, 5.41) is 3.49. The van der Waals surface area contributed by atoms with Crippen molar-refractivity contribution < 1.29 is 0 Å². The van der Waals surface area contributed by atoms with Gasteiger partial charge in [-0.1, -0.05) is 12.1 Å². The van der Waals surface area contributed by atoms with Crippen molar-refractivity contribution in [1.29, 1.82) is 0 Å². The Morgan fingerprint density at radius 2 is 2.43 bits per heavy atom. The second-order valence-electron chi connectivity index (χ2n) is 3.96. The van der Waals surface area contributed by atoms with Gasteiger partial charge in [-0.25, -0.2) is 4.98 Å². The van der Waals surface area contributed by atoms with Crippen LogP contribution in [0.3, 0.4) is 0 Å². The first kappa shape index (κ1) is 8.00. The number of nitrogens with zero attached hydrogens (tertiary/aromatic N) is 2. The molecule has 0 fully saturated rings. The second kappa shape index (κ2) is 2.82. The van der Waals surface area contributed by atoms with Crippen molar-refractivity contribution in [3.8, 4) is 0 Å². The Balaban J connectivity index is 2.30. The summed E-state index contributed by atoms with van der Waals surface area (Å²) in [5.74, 6) is 0. The molecule has 1 aromatic carbocycles. The maximum Gasteiger partial charge on any atom is 0.0958 e. The minimum Gasteiger partial charge on any atom is -0.329 e. The average molecular weight is 187 g/mol. The van der Waals surface area contributed by atoms with Gasteiger partial charge >= 0.3 is 0 Å². The normalized spacial score (nSPS) is 21.1. The summed E-state index contributed by atoms with van der Waals surface area (Å²) in [6.45, 7) is 4.16. The third-order valence-electron chi connectivity index (χ3n) is 2.83. The zero-order chi connectivity index (χ0) is 9.54. The molecule has 1 aliphatic heterocycles. The van der Waals surface area contributed by atoms with Gasteiger partial charge in [-0.15, -0.1) is 0 Å². The molecule has 1 N–H and O–H groups in total. The lowest BCUT2D eigenvalue weighted by Crippen LogP contribution is -2.27. The van der Waals surface area contributed by atoms with Crippen LogP contribution < -0.4 is 5.32 Å². The molecule has 0 bridgehead atoms. The fraction of sp³-hybridized carbons (Fsp3) is 0.364. The van der Waals surface area contributed by atoms with E-state index in [9.17, 15) is 0 Å². The molecule has 3 heteroatoms. The van der Waals surface area contributed by atoms with E-state index in [4.69, 9.17) is 0 Å². The number of nitrogens with one attached hydrogen (secondary N) is 1.